The van der Waals surface area contributed by atoms with Gasteiger partial charge in [0.2, 0.25) is 0 Å². The standard InChI is InChI=1S/C17H16ClN5O/c1-10-7-11(2)20-17(19-10)24-14-6-4-5-13(8-14)23-16-9-15(18)21-12(3)22-16/h4-9H,1-3H3,(H,21,22,23). The molecular weight excluding hydrogens is 326 g/mol. The van der Waals surface area contributed by atoms with Crippen molar-refractivity contribution in [2.45, 2.75) is 20.8 Å². The van der Waals surface area contributed by atoms with Gasteiger partial charge in [-0.1, -0.05) is 17.7 Å². The largest absolute Gasteiger partial charge is 0.424 e. The molecule has 0 aliphatic rings. The Morgan fingerprint density at radius 3 is 2.38 bits per heavy atom. The van der Waals surface area contributed by atoms with E-state index in [1.54, 1.807) is 13.0 Å². The molecule has 2 heterocycles. The Morgan fingerprint density at radius 2 is 1.67 bits per heavy atom. The predicted molar refractivity (Wildman–Crippen MR) is 93.1 cm³/mol. The maximum Gasteiger partial charge on any atom is 0.322 e. The zero-order valence-electron chi connectivity index (χ0n) is 13.5. The van der Waals surface area contributed by atoms with E-state index in [0.717, 1.165) is 17.1 Å². The van der Waals surface area contributed by atoms with Gasteiger partial charge in [-0.3, -0.25) is 0 Å². The smallest absolute Gasteiger partial charge is 0.322 e. The first kappa shape index (κ1) is 16.1. The number of aromatic nitrogens is 4. The molecule has 0 spiro atoms. The van der Waals surface area contributed by atoms with Gasteiger partial charge in [0.15, 0.2) is 0 Å². The van der Waals surface area contributed by atoms with Crippen molar-refractivity contribution in [3.8, 4) is 11.8 Å². The van der Waals surface area contributed by atoms with Gasteiger partial charge in [0.05, 0.1) is 0 Å². The van der Waals surface area contributed by atoms with E-state index >= 15 is 0 Å². The zero-order valence-corrected chi connectivity index (χ0v) is 14.3. The lowest BCUT2D eigenvalue weighted by Gasteiger charge is -2.09. The minimum absolute atomic E-state index is 0.325. The third-order valence-electron chi connectivity index (χ3n) is 3.08. The number of nitrogens with zero attached hydrogens (tertiary/aromatic N) is 4. The molecule has 7 heteroatoms. The summed E-state index contributed by atoms with van der Waals surface area (Å²) in [5.41, 5.74) is 2.53. The molecule has 0 saturated heterocycles. The predicted octanol–water partition coefficient (Wildman–Crippen LogP) is 4.38. The highest BCUT2D eigenvalue weighted by atomic mass is 35.5. The van der Waals surface area contributed by atoms with Gasteiger partial charge < -0.3 is 10.1 Å². The number of aryl methyl sites for hydroxylation is 3. The molecule has 6 nitrogen and oxygen atoms in total. The molecule has 0 aliphatic carbocycles. The van der Waals surface area contributed by atoms with E-state index in [1.165, 1.54) is 0 Å². The van der Waals surface area contributed by atoms with Gasteiger partial charge in [0.1, 0.15) is 22.5 Å². The molecule has 2 aromatic heterocycles. The maximum atomic E-state index is 5.95. The minimum Gasteiger partial charge on any atom is -0.424 e. The Kier molecular flexibility index (Phi) is 4.57. The van der Waals surface area contributed by atoms with Gasteiger partial charge >= 0.3 is 6.01 Å². The monoisotopic (exact) mass is 341 g/mol. The van der Waals surface area contributed by atoms with Crippen molar-refractivity contribution in [1.82, 2.24) is 19.9 Å². The second kappa shape index (κ2) is 6.80. The molecule has 3 aromatic rings. The van der Waals surface area contributed by atoms with Gasteiger partial charge in [-0.2, -0.15) is 0 Å². The molecule has 0 unspecified atom stereocenters. The number of nitrogens with one attached hydrogen (secondary N) is 1. The summed E-state index contributed by atoms with van der Waals surface area (Å²) >= 11 is 5.95. The van der Waals surface area contributed by atoms with Crippen molar-refractivity contribution in [3.63, 3.8) is 0 Å². The fourth-order valence-corrected chi connectivity index (χ4v) is 2.45. The Hall–Kier alpha value is -2.73. The fraction of sp³-hybridized carbons (Fsp3) is 0.176. The summed E-state index contributed by atoms with van der Waals surface area (Å²) in [5, 5.41) is 3.57. The van der Waals surface area contributed by atoms with Crippen LogP contribution in [-0.2, 0) is 0 Å². The molecule has 0 aliphatic heterocycles. The number of hydrogen-bond acceptors (Lipinski definition) is 6. The normalized spacial score (nSPS) is 10.5. The van der Waals surface area contributed by atoms with Gasteiger partial charge in [0.25, 0.3) is 0 Å². The van der Waals surface area contributed by atoms with Crippen LogP contribution in [0.15, 0.2) is 36.4 Å². The first-order valence-electron chi connectivity index (χ1n) is 7.36. The highest BCUT2D eigenvalue weighted by Crippen LogP contribution is 2.24. The lowest BCUT2D eigenvalue weighted by molar-refractivity contribution is 0.439. The van der Waals surface area contributed by atoms with Crippen LogP contribution in [0, 0.1) is 20.8 Å². The summed E-state index contributed by atoms with van der Waals surface area (Å²) in [4.78, 5) is 16.9. The van der Waals surface area contributed by atoms with Crippen LogP contribution in [0.3, 0.4) is 0 Å². The third kappa shape index (κ3) is 4.17. The fourth-order valence-electron chi connectivity index (χ4n) is 2.23. The Bertz CT molecular complexity index is 775. The van der Waals surface area contributed by atoms with Crippen LogP contribution in [0.5, 0.6) is 11.8 Å². The molecule has 0 bridgehead atoms. The molecule has 0 saturated carbocycles. The van der Waals surface area contributed by atoms with Crippen molar-refractivity contribution >= 4 is 23.1 Å². The van der Waals surface area contributed by atoms with Crippen LogP contribution in [0.25, 0.3) is 0 Å². The number of benzene rings is 1. The van der Waals surface area contributed by atoms with Crippen molar-refractivity contribution in [1.29, 1.82) is 0 Å². The van der Waals surface area contributed by atoms with Gasteiger partial charge in [0, 0.05) is 29.2 Å². The van der Waals surface area contributed by atoms with Crippen LogP contribution in [0.4, 0.5) is 11.5 Å². The van der Waals surface area contributed by atoms with Crippen LogP contribution in [0.2, 0.25) is 5.15 Å². The number of halogens is 1. The molecule has 24 heavy (non-hydrogen) atoms. The third-order valence-corrected chi connectivity index (χ3v) is 3.28. The van der Waals surface area contributed by atoms with Crippen LogP contribution in [0.1, 0.15) is 17.2 Å². The molecular formula is C17H16ClN5O. The van der Waals surface area contributed by atoms with Crippen molar-refractivity contribution in [3.05, 3.63) is 58.8 Å². The van der Waals surface area contributed by atoms with Gasteiger partial charge in [-0.25, -0.2) is 19.9 Å². The van der Waals surface area contributed by atoms with E-state index in [9.17, 15) is 0 Å². The zero-order chi connectivity index (χ0) is 17.1. The topological polar surface area (TPSA) is 72.8 Å². The molecule has 122 valence electrons. The maximum absolute atomic E-state index is 5.95. The summed E-state index contributed by atoms with van der Waals surface area (Å²) in [7, 11) is 0. The second-order valence-electron chi connectivity index (χ2n) is 5.31. The summed E-state index contributed by atoms with van der Waals surface area (Å²) in [5.74, 6) is 1.84. The molecule has 1 aromatic carbocycles. The molecule has 1 N–H and O–H groups in total. The van der Waals surface area contributed by atoms with E-state index in [-0.39, 0.29) is 0 Å². The van der Waals surface area contributed by atoms with E-state index in [0.29, 0.717) is 28.6 Å². The highest BCUT2D eigenvalue weighted by molar-refractivity contribution is 6.29. The van der Waals surface area contributed by atoms with Crippen LogP contribution in [-0.4, -0.2) is 19.9 Å². The number of hydrogen-bond donors (Lipinski definition) is 1. The highest BCUT2D eigenvalue weighted by Gasteiger charge is 2.05. The SMILES string of the molecule is Cc1cc(C)nc(Oc2cccc(Nc3cc(Cl)nc(C)n3)c2)n1. The summed E-state index contributed by atoms with van der Waals surface area (Å²) in [6.45, 7) is 5.59. The summed E-state index contributed by atoms with van der Waals surface area (Å²) in [6.07, 6.45) is 0. The van der Waals surface area contributed by atoms with Gasteiger partial charge in [-0.05, 0) is 39.0 Å². The molecule has 0 atom stereocenters. The van der Waals surface area contributed by atoms with Crippen LogP contribution < -0.4 is 10.1 Å². The van der Waals surface area contributed by atoms with Crippen LogP contribution >= 0.6 is 11.6 Å². The minimum atomic E-state index is 0.325. The molecule has 3 rings (SSSR count). The van der Waals surface area contributed by atoms with Crippen molar-refractivity contribution < 1.29 is 4.74 Å². The number of ether oxygens (including phenoxy) is 1. The molecule has 0 amide bonds. The Balaban J connectivity index is 1.81. The number of rotatable bonds is 4. The van der Waals surface area contributed by atoms with Gasteiger partial charge in [-0.15, -0.1) is 0 Å². The average Bonchev–Trinajstić information content (AvgIpc) is 2.45. The Morgan fingerprint density at radius 1 is 0.917 bits per heavy atom. The lowest BCUT2D eigenvalue weighted by Crippen LogP contribution is -1.98. The number of anilines is 2. The quantitative estimate of drug-likeness (QED) is 0.710. The Labute approximate surface area is 144 Å². The molecule has 0 fully saturated rings. The second-order valence-corrected chi connectivity index (χ2v) is 5.70. The lowest BCUT2D eigenvalue weighted by atomic mass is 10.3. The van der Waals surface area contributed by atoms with Crippen molar-refractivity contribution in [2.75, 3.05) is 5.32 Å². The van der Waals surface area contributed by atoms with E-state index in [1.807, 2.05) is 44.2 Å². The van der Waals surface area contributed by atoms with E-state index in [4.69, 9.17) is 16.3 Å². The first-order valence-corrected chi connectivity index (χ1v) is 7.74. The molecule has 0 radical (unpaired) electrons. The summed E-state index contributed by atoms with van der Waals surface area (Å²) in [6, 6.07) is 11.3. The summed E-state index contributed by atoms with van der Waals surface area (Å²) < 4.78 is 5.74. The first-order chi connectivity index (χ1) is 11.5. The van der Waals surface area contributed by atoms with E-state index in [2.05, 4.69) is 25.3 Å². The van der Waals surface area contributed by atoms with E-state index < -0.39 is 0 Å². The van der Waals surface area contributed by atoms with Crippen molar-refractivity contribution in [2.24, 2.45) is 0 Å². The average molecular weight is 342 g/mol.